The monoisotopic (exact) mass is 312 g/mol. The molecule has 0 bridgehead atoms. The third-order valence-electron chi connectivity index (χ3n) is 2.95. The second kappa shape index (κ2) is 8.51. The number of rotatable bonds is 9. The van der Waals surface area contributed by atoms with Crippen LogP contribution in [-0.2, 0) is 15.3 Å². The molecule has 1 amide bonds. The van der Waals surface area contributed by atoms with Crippen molar-refractivity contribution in [2.45, 2.75) is 38.5 Å². The maximum Gasteiger partial charge on any atom is 0.326 e. The van der Waals surface area contributed by atoms with Crippen molar-refractivity contribution < 1.29 is 19.2 Å². The van der Waals surface area contributed by atoms with E-state index in [0.717, 1.165) is 17.0 Å². The number of carboxylic acid groups (broad SMARTS) is 1. The first kappa shape index (κ1) is 17.3. The Balaban J connectivity index is 2.39. The minimum absolute atomic E-state index is 0.196. The number of hydrogen-bond donors (Lipinski definition) is 2. The third-order valence-corrected chi connectivity index (χ3v) is 3.91. The Bertz CT molecular complexity index is 494. The van der Waals surface area contributed by atoms with Crippen LogP contribution in [0, 0.1) is 13.8 Å². The number of allylic oxidation sites excluding steroid dienone is 1. The first-order valence-corrected chi connectivity index (χ1v) is 7.73. The fourth-order valence-electron chi connectivity index (χ4n) is 1.73. The number of nitrogens with one attached hydrogen (secondary N) is 1. The van der Waals surface area contributed by atoms with Gasteiger partial charge in [-0.3, -0.25) is 4.79 Å². The van der Waals surface area contributed by atoms with Crippen molar-refractivity contribution in [3.63, 3.8) is 0 Å². The van der Waals surface area contributed by atoms with Gasteiger partial charge in [-0.25, -0.2) is 4.79 Å². The van der Waals surface area contributed by atoms with Gasteiger partial charge in [0.15, 0.2) is 0 Å². The zero-order valence-electron chi connectivity index (χ0n) is 12.2. The van der Waals surface area contributed by atoms with E-state index in [-0.39, 0.29) is 11.7 Å². The van der Waals surface area contributed by atoms with Gasteiger partial charge in [0.05, 0.1) is 11.4 Å². The molecule has 116 valence electrons. The smallest absolute Gasteiger partial charge is 0.326 e. The molecule has 0 saturated carbocycles. The van der Waals surface area contributed by atoms with E-state index in [1.807, 2.05) is 13.8 Å². The van der Waals surface area contributed by atoms with Crippen LogP contribution in [0.3, 0.4) is 0 Å². The normalized spacial score (nSPS) is 11.9. The number of aliphatic carboxylic acids is 1. The van der Waals surface area contributed by atoms with E-state index in [0.29, 0.717) is 18.6 Å². The molecule has 1 heterocycles. The average Bonchev–Trinajstić information content (AvgIpc) is 2.74. The minimum atomic E-state index is -1.03. The number of amides is 1. The summed E-state index contributed by atoms with van der Waals surface area (Å²) in [4.78, 5) is 22.8. The Hall–Kier alpha value is -1.76. The SMILES string of the molecule is C=CCCC(NC(=O)CSCc1c(C)noc1C)C(=O)O. The van der Waals surface area contributed by atoms with E-state index in [2.05, 4.69) is 17.1 Å². The Labute approximate surface area is 128 Å². The lowest BCUT2D eigenvalue weighted by Crippen LogP contribution is -2.41. The van der Waals surface area contributed by atoms with Crippen LogP contribution in [0.1, 0.15) is 29.9 Å². The first-order valence-electron chi connectivity index (χ1n) is 6.58. The molecule has 0 radical (unpaired) electrons. The predicted octanol–water partition coefficient (Wildman–Crippen LogP) is 2.06. The summed E-state index contributed by atoms with van der Waals surface area (Å²) in [5.74, 6) is 0.236. The summed E-state index contributed by atoms with van der Waals surface area (Å²) in [6.45, 7) is 7.22. The van der Waals surface area contributed by atoms with Crippen molar-refractivity contribution in [1.29, 1.82) is 0 Å². The molecule has 21 heavy (non-hydrogen) atoms. The van der Waals surface area contributed by atoms with Crippen molar-refractivity contribution in [2.75, 3.05) is 5.75 Å². The Kier molecular flexibility index (Phi) is 7.01. The van der Waals surface area contributed by atoms with Gasteiger partial charge in [-0.2, -0.15) is 0 Å². The zero-order chi connectivity index (χ0) is 15.8. The van der Waals surface area contributed by atoms with Crippen LogP contribution >= 0.6 is 11.8 Å². The van der Waals surface area contributed by atoms with Crippen LogP contribution in [0.4, 0.5) is 0 Å². The highest BCUT2D eigenvalue weighted by atomic mass is 32.2. The molecule has 0 aliphatic rings. The van der Waals surface area contributed by atoms with Crippen LogP contribution in [0.2, 0.25) is 0 Å². The number of carbonyl (C=O) groups excluding carboxylic acids is 1. The number of thioether (sulfide) groups is 1. The average molecular weight is 312 g/mol. The predicted molar refractivity (Wildman–Crippen MR) is 81.1 cm³/mol. The van der Waals surface area contributed by atoms with Gasteiger partial charge in [0.25, 0.3) is 0 Å². The van der Waals surface area contributed by atoms with Gasteiger partial charge in [-0.1, -0.05) is 11.2 Å². The van der Waals surface area contributed by atoms with Crippen molar-refractivity contribution >= 4 is 23.6 Å². The summed E-state index contributed by atoms with van der Waals surface area (Å²) in [6.07, 6.45) is 2.52. The first-order chi connectivity index (χ1) is 9.95. The van der Waals surface area contributed by atoms with Crippen molar-refractivity contribution in [1.82, 2.24) is 10.5 Å². The molecular weight excluding hydrogens is 292 g/mol. The van der Waals surface area contributed by atoms with Gasteiger partial charge >= 0.3 is 5.97 Å². The molecule has 0 aliphatic heterocycles. The maximum absolute atomic E-state index is 11.8. The number of aryl methyl sites for hydroxylation is 2. The Morgan fingerprint density at radius 3 is 2.76 bits per heavy atom. The molecule has 7 heteroatoms. The van der Waals surface area contributed by atoms with Crippen molar-refractivity contribution in [3.05, 3.63) is 29.7 Å². The van der Waals surface area contributed by atoms with E-state index >= 15 is 0 Å². The molecule has 1 rings (SSSR count). The molecule has 0 spiro atoms. The molecule has 1 atom stereocenters. The second-order valence-corrected chi connectivity index (χ2v) is 5.61. The van der Waals surface area contributed by atoms with Crippen LogP contribution in [0.15, 0.2) is 17.2 Å². The number of aromatic nitrogens is 1. The fraction of sp³-hybridized carbons (Fsp3) is 0.500. The summed E-state index contributed by atoms with van der Waals surface area (Å²) in [5, 5.41) is 15.4. The van der Waals surface area contributed by atoms with E-state index in [9.17, 15) is 9.59 Å². The van der Waals surface area contributed by atoms with Crippen LogP contribution in [-0.4, -0.2) is 33.9 Å². The van der Waals surface area contributed by atoms with Gasteiger partial charge in [0.2, 0.25) is 5.91 Å². The van der Waals surface area contributed by atoms with Gasteiger partial charge in [-0.15, -0.1) is 18.3 Å². The van der Waals surface area contributed by atoms with E-state index in [1.165, 1.54) is 11.8 Å². The summed E-state index contributed by atoms with van der Waals surface area (Å²) in [5.41, 5.74) is 1.80. The number of carbonyl (C=O) groups is 2. The van der Waals surface area contributed by atoms with E-state index in [1.54, 1.807) is 6.08 Å². The van der Waals surface area contributed by atoms with Crippen LogP contribution in [0.5, 0.6) is 0 Å². The number of nitrogens with zero attached hydrogens (tertiary/aromatic N) is 1. The lowest BCUT2D eigenvalue weighted by molar-refractivity contribution is -0.141. The molecule has 6 nitrogen and oxygen atoms in total. The zero-order valence-corrected chi connectivity index (χ0v) is 13.0. The maximum atomic E-state index is 11.8. The lowest BCUT2D eigenvalue weighted by Gasteiger charge is -2.13. The van der Waals surface area contributed by atoms with Crippen LogP contribution < -0.4 is 5.32 Å². The quantitative estimate of drug-likeness (QED) is 0.678. The summed E-state index contributed by atoms with van der Waals surface area (Å²) >= 11 is 1.40. The number of hydrogen-bond acceptors (Lipinski definition) is 5. The minimum Gasteiger partial charge on any atom is -0.480 e. The topological polar surface area (TPSA) is 92.4 Å². The Morgan fingerprint density at radius 2 is 2.24 bits per heavy atom. The molecule has 1 unspecified atom stereocenters. The Morgan fingerprint density at radius 1 is 1.52 bits per heavy atom. The summed E-state index contributed by atoms with van der Waals surface area (Å²) in [7, 11) is 0. The van der Waals surface area contributed by atoms with Crippen LogP contribution in [0.25, 0.3) is 0 Å². The molecule has 0 aromatic carbocycles. The molecule has 0 saturated heterocycles. The van der Waals surface area contributed by atoms with E-state index in [4.69, 9.17) is 9.63 Å². The molecular formula is C14H20N2O4S. The van der Waals surface area contributed by atoms with Gasteiger partial charge in [-0.05, 0) is 26.7 Å². The highest BCUT2D eigenvalue weighted by Crippen LogP contribution is 2.19. The molecule has 2 N–H and O–H groups in total. The van der Waals surface area contributed by atoms with Crippen molar-refractivity contribution in [3.8, 4) is 0 Å². The molecule has 0 fully saturated rings. The second-order valence-electron chi connectivity index (χ2n) is 4.62. The van der Waals surface area contributed by atoms with Gasteiger partial charge < -0.3 is 14.9 Å². The summed E-state index contributed by atoms with van der Waals surface area (Å²) in [6, 6.07) is -0.866. The largest absolute Gasteiger partial charge is 0.480 e. The van der Waals surface area contributed by atoms with Crippen molar-refractivity contribution in [2.24, 2.45) is 0 Å². The molecule has 0 aliphatic carbocycles. The number of carboxylic acids is 1. The third kappa shape index (κ3) is 5.63. The fourth-order valence-corrected chi connectivity index (χ4v) is 2.72. The lowest BCUT2D eigenvalue weighted by atomic mass is 10.1. The van der Waals surface area contributed by atoms with E-state index < -0.39 is 12.0 Å². The summed E-state index contributed by atoms with van der Waals surface area (Å²) < 4.78 is 5.04. The van der Waals surface area contributed by atoms with Gasteiger partial charge in [0, 0.05) is 11.3 Å². The standard InChI is InChI=1S/C14H20N2O4S/c1-4-5-6-12(14(18)19)15-13(17)8-21-7-11-9(2)16-20-10(11)3/h4,12H,1,5-8H2,2-3H3,(H,15,17)(H,18,19). The molecule has 1 aromatic rings. The van der Waals surface area contributed by atoms with Gasteiger partial charge in [0.1, 0.15) is 11.8 Å². The highest BCUT2D eigenvalue weighted by Gasteiger charge is 2.19. The molecule has 1 aromatic heterocycles. The highest BCUT2D eigenvalue weighted by molar-refractivity contribution is 7.99.